The van der Waals surface area contributed by atoms with Crippen LogP contribution in [-0.4, -0.2) is 13.2 Å². The Hall–Kier alpha value is -1.02. The Morgan fingerprint density at radius 3 is 2.50 bits per heavy atom. The van der Waals surface area contributed by atoms with Crippen molar-refractivity contribution < 1.29 is 4.74 Å². The zero-order valence-corrected chi connectivity index (χ0v) is 10.8. The third kappa shape index (κ3) is 3.86. The van der Waals surface area contributed by atoms with Gasteiger partial charge in [0.25, 0.3) is 0 Å². The molecule has 0 heterocycles. The SMILES string of the molecule is CCOc1ccccc1[C@@H](C)NCC(C)C. The predicted molar refractivity (Wildman–Crippen MR) is 68.9 cm³/mol. The lowest BCUT2D eigenvalue weighted by Crippen LogP contribution is -2.23. The molecule has 0 saturated heterocycles. The van der Waals surface area contributed by atoms with Crippen LogP contribution in [0.2, 0.25) is 0 Å². The Morgan fingerprint density at radius 1 is 1.19 bits per heavy atom. The number of nitrogens with one attached hydrogen (secondary N) is 1. The highest BCUT2D eigenvalue weighted by Gasteiger charge is 2.10. The minimum absolute atomic E-state index is 0.338. The molecule has 1 rings (SSSR count). The first kappa shape index (κ1) is 13.0. The largest absolute Gasteiger partial charge is 0.494 e. The Kier molecular flexibility index (Phi) is 5.33. The second-order valence-electron chi connectivity index (χ2n) is 4.49. The van der Waals surface area contributed by atoms with E-state index in [4.69, 9.17) is 4.74 Å². The molecule has 0 bridgehead atoms. The van der Waals surface area contributed by atoms with Gasteiger partial charge in [-0.1, -0.05) is 32.0 Å². The third-order valence-electron chi connectivity index (χ3n) is 2.52. The summed E-state index contributed by atoms with van der Waals surface area (Å²) >= 11 is 0. The molecule has 16 heavy (non-hydrogen) atoms. The summed E-state index contributed by atoms with van der Waals surface area (Å²) in [6.07, 6.45) is 0. The third-order valence-corrected chi connectivity index (χ3v) is 2.52. The van der Waals surface area contributed by atoms with Crippen LogP contribution in [-0.2, 0) is 0 Å². The van der Waals surface area contributed by atoms with Crippen LogP contribution in [0.3, 0.4) is 0 Å². The molecule has 1 aromatic rings. The molecule has 1 aromatic carbocycles. The normalized spacial score (nSPS) is 12.8. The van der Waals surface area contributed by atoms with Crippen molar-refractivity contribution in [2.24, 2.45) is 5.92 Å². The summed E-state index contributed by atoms with van der Waals surface area (Å²) in [7, 11) is 0. The van der Waals surface area contributed by atoms with Gasteiger partial charge < -0.3 is 10.1 Å². The van der Waals surface area contributed by atoms with E-state index in [9.17, 15) is 0 Å². The van der Waals surface area contributed by atoms with Gasteiger partial charge in [-0.2, -0.15) is 0 Å². The monoisotopic (exact) mass is 221 g/mol. The Morgan fingerprint density at radius 2 is 1.88 bits per heavy atom. The van der Waals surface area contributed by atoms with Gasteiger partial charge in [0.2, 0.25) is 0 Å². The lowest BCUT2D eigenvalue weighted by Gasteiger charge is -2.19. The minimum Gasteiger partial charge on any atom is -0.494 e. The second kappa shape index (κ2) is 6.54. The summed E-state index contributed by atoms with van der Waals surface area (Å²) in [5.41, 5.74) is 1.24. The molecule has 0 amide bonds. The van der Waals surface area contributed by atoms with E-state index in [0.717, 1.165) is 12.3 Å². The van der Waals surface area contributed by atoms with Crippen LogP contribution in [0.15, 0.2) is 24.3 Å². The van der Waals surface area contributed by atoms with Gasteiger partial charge in [-0.05, 0) is 32.4 Å². The number of rotatable bonds is 6. The lowest BCUT2D eigenvalue weighted by atomic mass is 10.1. The first-order valence-electron chi connectivity index (χ1n) is 6.10. The van der Waals surface area contributed by atoms with Gasteiger partial charge in [0, 0.05) is 11.6 Å². The van der Waals surface area contributed by atoms with Gasteiger partial charge in [0.05, 0.1) is 6.61 Å². The molecule has 0 fully saturated rings. The fourth-order valence-electron chi connectivity index (χ4n) is 1.65. The zero-order valence-electron chi connectivity index (χ0n) is 10.8. The van der Waals surface area contributed by atoms with E-state index >= 15 is 0 Å². The van der Waals surface area contributed by atoms with Gasteiger partial charge in [0.1, 0.15) is 5.75 Å². The summed E-state index contributed by atoms with van der Waals surface area (Å²) in [5.74, 6) is 1.66. The van der Waals surface area contributed by atoms with Crippen molar-refractivity contribution >= 4 is 0 Å². The van der Waals surface area contributed by atoms with Crippen molar-refractivity contribution in [1.82, 2.24) is 5.32 Å². The van der Waals surface area contributed by atoms with Crippen LogP contribution in [0.4, 0.5) is 0 Å². The van der Waals surface area contributed by atoms with Gasteiger partial charge in [0.15, 0.2) is 0 Å². The summed E-state index contributed by atoms with van der Waals surface area (Å²) in [6.45, 7) is 10.4. The highest BCUT2D eigenvalue weighted by atomic mass is 16.5. The van der Waals surface area contributed by atoms with E-state index in [1.54, 1.807) is 0 Å². The quantitative estimate of drug-likeness (QED) is 0.795. The molecule has 2 nitrogen and oxygen atoms in total. The van der Waals surface area contributed by atoms with Crippen molar-refractivity contribution in [2.45, 2.75) is 33.7 Å². The highest BCUT2D eigenvalue weighted by Crippen LogP contribution is 2.24. The van der Waals surface area contributed by atoms with Crippen molar-refractivity contribution in [3.05, 3.63) is 29.8 Å². The molecule has 0 saturated carbocycles. The molecule has 2 heteroatoms. The number of para-hydroxylation sites is 1. The van der Waals surface area contributed by atoms with Crippen molar-refractivity contribution in [3.63, 3.8) is 0 Å². The van der Waals surface area contributed by atoms with Crippen LogP contribution in [0.25, 0.3) is 0 Å². The number of hydrogen-bond donors (Lipinski definition) is 1. The van der Waals surface area contributed by atoms with Gasteiger partial charge in [-0.3, -0.25) is 0 Å². The first-order valence-corrected chi connectivity index (χ1v) is 6.10. The molecule has 1 N–H and O–H groups in total. The maximum absolute atomic E-state index is 5.62. The number of ether oxygens (including phenoxy) is 1. The predicted octanol–water partition coefficient (Wildman–Crippen LogP) is 3.39. The van der Waals surface area contributed by atoms with Crippen LogP contribution >= 0.6 is 0 Å². The lowest BCUT2D eigenvalue weighted by molar-refractivity contribution is 0.331. The van der Waals surface area contributed by atoms with E-state index in [0.29, 0.717) is 18.6 Å². The molecule has 0 spiro atoms. The molecule has 0 unspecified atom stereocenters. The highest BCUT2D eigenvalue weighted by molar-refractivity contribution is 5.35. The number of hydrogen-bond acceptors (Lipinski definition) is 2. The maximum atomic E-state index is 5.62. The molecule has 0 aliphatic carbocycles. The molecule has 90 valence electrons. The molecule has 0 aliphatic rings. The Balaban J connectivity index is 2.69. The van der Waals surface area contributed by atoms with E-state index < -0.39 is 0 Å². The maximum Gasteiger partial charge on any atom is 0.124 e. The Labute approximate surface area is 99.0 Å². The second-order valence-corrected chi connectivity index (χ2v) is 4.49. The van der Waals surface area contributed by atoms with Crippen molar-refractivity contribution in [1.29, 1.82) is 0 Å². The van der Waals surface area contributed by atoms with Gasteiger partial charge >= 0.3 is 0 Å². The standard InChI is InChI=1S/C14H23NO/c1-5-16-14-9-7-6-8-13(14)12(4)15-10-11(2)3/h6-9,11-12,15H,5,10H2,1-4H3/t12-/m1/s1. The summed E-state index contributed by atoms with van der Waals surface area (Å²) in [6, 6.07) is 8.58. The molecule has 0 radical (unpaired) electrons. The molecule has 0 aromatic heterocycles. The van der Waals surface area contributed by atoms with Crippen LogP contribution in [0.5, 0.6) is 5.75 Å². The fraction of sp³-hybridized carbons (Fsp3) is 0.571. The summed E-state index contributed by atoms with van der Waals surface area (Å²) in [4.78, 5) is 0. The van der Waals surface area contributed by atoms with E-state index in [1.807, 2.05) is 19.1 Å². The number of benzene rings is 1. The molecule has 1 atom stereocenters. The first-order chi connectivity index (χ1) is 7.65. The molecule has 0 aliphatic heterocycles. The van der Waals surface area contributed by atoms with Crippen molar-refractivity contribution in [3.8, 4) is 5.75 Å². The summed E-state index contributed by atoms with van der Waals surface area (Å²) in [5, 5.41) is 3.52. The van der Waals surface area contributed by atoms with Crippen LogP contribution < -0.4 is 10.1 Å². The molecular formula is C14H23NO. The van der Waals surface area contributed by atoms with E-state index in [2.05, 4.69) is 38.2 Å². The minimum atomic E-state index is 0.338. The van der Waals surface area contributed by atoms with Crippen LogP contribution in [0.1, 0.15) is 39.3 Å². The topological polar surface area (TPSA) is 21.3 Å². The Bertz CT molecular complexity index is 309. The van der Waals surface area contributed by atoms with Crippen molar-refractivity contribution in [2.75, 3.05) is 13.2 Å². The van der Waals surface area contributed by atoms with Crippen LogP contribution in [0, 0.1) is 5.92 Å². The average molecular weight is 221 g/mol. The zero-order chi connectivity index (χ0) is 12.0. The smallest absolute Gasteiger partial charge is 0.124 e. The average Bonchev–Trinajstić information content (AvgIpc) is 2.27. The molecular weight excluding hydrogens is 198 g/mol. The van der Waals surface area contributed by atoms with Gasteiger partial charge in [-0.15, -0.1) is 0 Å². The van der Waals surface area contributed by atoms with E-state index in [1.165, 1.54) is 5.56 Å². The summed E-state index contributed by atoms with van der Waals surface area (Å²) < 4.78 is 5.62. The van der Waals surface area contributed by atoms with Gasteiger partial charge in [-0.25, -0.2) is 0 Å². The van der Waals surface area contributed by atoms with E-state index in [-0.39, 0.29) is 0 Å². The fourth-order valence-corrected chi connectivity index (χ4v) is 1.65.